The molecule has 0 heterocycles. The summed E-state index contributed by atoms with van der Waals surface area (Å²) in [5.41, 5.74) is -7.60. The number of benzene rings is 2. The van der Waals surface area contributed by atoms with Crippen molar-refractivity contribution >= 4 is 31.8 Å². The fourth-order valence-corrected chi connectivity index (χ4v) is 10.0. The van der Waals surface area contributed by atoms with E-state index in [1.807, 2.05) is 0 Å². The van der Waals surface area contributed by atoms with Gasteiger partial charge in [0.05, 0.1) is 0 Å². The van der Waals surface area contributed by atoms with Gasteiger partial charge >= 0.3 is 31.3 Å². The SMILES string of the molecule is CC[C@@]12CCC(=O)C[C@@H]1CCCc1cc(OS(=O)(=O)C(F)(F)F)ccc12.CC[C@]12CCC(=O)C[C@H]1CCCc1cc(OS(=O)(=O)C(F)(F)F)ccc12. The number of carbonyl (C=O) groups excluding carboxylic acids is 2. The van der Waals surface area contributed by atoms with Crippen LogP contribution in [0.5, 0.6) is 11.5 Å². The van der Waals surface area contributed by atoms with Crippen molar-refractivity contribution in [3.05, 3.63) is 58.7 Å². The molecule has 16 heteroatoms. The molecule has 4 atom stereocenters. The summed E-state index contributed by atoms with van der Waals surface area (Å²) in [6.07, 6.45) is 9.83. The highest BCUT2D eigenvalue weighted by molar-refractivity contribution is 7.88. The van der Waals surface area contributed by atoms with Gasteiger partial charge in [-0.3, -0.25) is 9.59 Å². The zero-order valence-corrected chi connectivity index (χ0v) is 30.5. The maximum absolute atomic E-state index is 12.6. The number of fused-ring (bicyclic) bond motifs is 6. The minimum atomic E-state index is -5.68. The first-order valence-electron chi connectivity index (χ1n) is 17.5. The van der Waals surface area contributed by atoms with Gasteiger partial charge in [-0.15, -0.1) is 0 Å². The van der Waals surface area contributed by atoms with Gasteiger partial charge in [0.25, 0.3) is 0 Å². The molecule has 0 saturated heterocycles. The summed E-state index contributed by atoms with van der Waals surface area (Å²) in [6, 6.07) is 8.78. The highest BCUT2D eigenvalue weighted by atomic mass is 32.2. The third-order valence-electron chi connectivity index (χ3n) is 11.7. The minimum Gasteiger partial charge on any atom is -0.376 e. The van der Waals surface area contributed by atoms with E-state index in [0.717, 1.165) is 73.6 Å². The van der Waals surface area contributed by atoms with Crippen LogP contribution in [0.15, 0.2) is 36.4 Å². The number of rotatable bonds is 6. The van der Waals surface area contributed by atoms with Gasteiger partial charge in [-0.25, -0.2) is 0 Å². The molecule has 0 aromatic heterocycles. The van der Waals surface area contributed by atoms with E-state index in [2.05, 4.69) is 22.2 Å². The van der Waals surface area contributed by atoms with Crippen molar-refractivity contribution in [3.63, 3.8) is 0 Å². The van der Waals surface area contributed by atoms with Gasteiger partial charge < -0.3 is 8.37 Å². The largest absolute Gasteiger partial charge is 0.534 e. The molecule has 0 unspecified atom stereocenters. The molecule has 0 aliphatic heterocycles. The maximum Gasteiger partial charge on any atom is 0.534 e. The summed E-state index contributed by atoms with van der Waals surface area (Å²) in [4.78, 5) is 23.8. The van der Waals surface area contributed by atoms with E-state index in [0.29, 0.717) is 38.5 Å². The summed E-state index contributed by atoms with van der Waals surface area (Å²) in [6.45, 7) is 4.13. The van der Waals surface area contributed by atoms with Crippen LogP contribution in [0.25, 0.3) is 0 Å². The summed E-state index contributed by atoms with van der Waals surface area (Å²) < 4.78 is 129. The van der Waals surface area contributed by atoms with Crippen molar-refractivity contribution in [3.8, 4) is 11.5 Å². The van der Waals surface area contributed by atoms with Crippen molar-refractivity contribution in [1.82, 2.24) is 0 Å². The van der Waals surface area contributed by atoms with Crippen molar-refractivity contribution < 1.29 is 61.1 Å². The van der Waals surface area contributed by atoms with E-state index in [4.69, 9.17) is 0 Å². The molecule has 2 aromatic carbocycles. The fourth-order valence-electron chi connectivity index (χ4n) is 9.11. The molecule has 6 rings (SSSR count). The van der Waals surface area contributed by atoms with Gasteiger partial charge in [0.15, 0.2) is 0 Å². The molecular formula is C36H42F6O8S2. The molecular weight excluding hydrogens is 739 g/mol. The van der Waals surface area contributed by atoms with Gasteiger partial charge in [-0.1, -0.05) is 26.0 Å². The van der Waals surface area contributed by atoms with E-state index in [9.17, 15) is 52.8 Å². The fraction of sp³-hybridized carbons (Fsp3) is 0.611. The first-order valence-corrected chi connectivity index (χ1v) is 20.3. The smallest absolute Gasteiger partial charge is 0.376 e. The van der Waals surface area contributed by atoms with E-state index in [-0.39, 0.29) is 45.7 Å². The Hall–Kier alpha value is -3.14. The topological polar surface area (TPSA) is 121 Å². The van der Waals surface area contributed by atoms with Crippen molar-refractivity contribution in [2.45, 2.75) is 126 Å². The Kier molecular flexibility index (Phi) is 11.2. The molecule has 0 amide bonds. The summed E-state index contributed by atoms with van der Waals surface area (Å²) >= 11 is 0. The summed E-state index contributed by atoms with van der Waals surface area (Å²) in [5, 5.41) is 0. The highest BCUT2D eigenvalue weighted by Crippen LogP contribution is 2.52. The van der Waals surface area contributed by atoms with Gasteiger partial charge in [-0.05, 0) is 133 Å². The Bertz CT molecular complexity index is 1770. The number of aryl methyl sites for hydroxylation is 2. The Balaban J connectivity index is 0.000000201. The van der Waals surface area contributed by atoms with Crippen molar-refractivity contribution in [2.75, 3.05) is 0 Å². The Morgan fingerprint density at radius 3 is 1.33 bits per heavy atom. The van der Waals surface area contributed by atoms with Crippen LogP contribution in [-0.2, 0) is 53.5 Å². The molecule has 0 spiro atoms. The number of Topliss-reactive ketones (excluding diaryl/α,β-unsaturated/α-hetero) is 2. The van der Waals surface area contributed by atoms with Crippen LogP contribution < -0.4 is 8.37 Å². The predicted molar refractivity (Wildman–Crippen MR) is 179 cm³/mol. The van der Waals surface area contributed by atoms with E-state index in [1.54, 1.807) is 12.1 Å². The van der Waals surface area contributed by atoms with Crippen LogP contribution in [0.3, 0.4) is 0 Å². The second-order valence-electron chi connectivity index (χ2n) is 14.3. The van der Waals surface area contributed by atoms with Crippen LogP contribution in [0.1, 0.15) is 113 Å². The second-order valence-corrected chi connectivity index (χ2v) is 17.4. The van der Waals surface area contributed by atoms with Gasteiger partial charge in [0, 0.05) is 25.7 Å². The van der Waals surface area contributed by atoms with E-state index in [1.165, 1.54) is 24.3 Å². The summed E-state index contributed by atoms with van der Waals surface area (Å²) in [7, 11) is -11.4. The third-order valence-corrected chi connectivity index (χ3v) is 13.6. The molecule has 2 fully saturated rings. The van der Waals surface area contributed by atoms with Gasteiger partial charge in [0.2, 0.25) is 0 Å². The normalized spacial score (nSPS) is 26.6. The number of hydrogen-bond donors (Lipinski definition) is 0. The van der Waals surface area contributed by atoms with Crippen LogP contribution in [0, 0.1) is 11.8 Å². The van der Waals surface area contributed by atoms with Gasteiger partial charge in [-0.2, -0.15) is 43.2 Å². The third kappa shape index (κ3) is 7.74. The lowest BCUT2D eigenvalue weighted by Gasteiger charge is -2.43. The van der Waals surface area contributed by atoms with Crippen LogP contribution in [0.4, 0.5) is 26.3 Å². The Labute approximate surface area is 299 Å². The molecule has 0 radical (unpaired) electrons. The zero-order chi connectivity index (χ0) is 38.3. The zero-order valence-electron chi connectivity index (χ0n) is 28.9. The van der Waals surface area contributed by atoms with Crippen LogP contribution in [-0.4, -0.2) is 39.4 Å². The van der Waals surface area contributed by atoms with Crippen LogP contribution >= 0.6 is 0 Å². The first-order chi connectivity index (χ1) is 24.2. The number of ketones is 2. The number of carbonyl (C=O) groups is 2. The molecule has 0 N–H and O–H groups in total. The average molecular weight is 781 g/mol. The van der Waals surface area contributed by atoms with E-state index >= 15 is 0 Å². The quantitative estimate of drug-likeness (QED) is 0.163. The molecule has 4 aliphatic carbocycles. The predicted octanol–water partition coefficient (Wildman–Crippen LogP) is 8.54. The number of halogens is 6. The standard InChI is InChI=1S/2C18H21F3O4S/c2*1-2-17-9-8-14(22)11-13(17)5-3-4-12-10-15(6-7-16(12)17)25-26(23,24)18(19,20)21/h2*6-7,10,13H,2-5,8-9,11H2,1H3/t2*13-,17+/m10/s1. The Morgan fingerprint density at radius 2 is 1.00 bits per heavy atom. The minimum absolute atomic E-state index is 0.179. The molecule has 2 aromatic rings. The number of hydrogen-bond acceptors (Lipinski definition) is 8. The maximum atomic E-state index is 12.6. The van der Waals surface area contributed by atoms with E-state index < -0.39 is 31.3 Å². The monoisotopic (exact) mass is 780 g/mol. The van der Waals surface area contributed by atoms with Crippen molar-refractivity contribution in [1.29, 1.82) is 0 Å². The molecule has 0 bridgehead atoms. The molecule has 52 heavy (non-hydrogen) atoms. The molecule has 4 aliphatic rings. The Morgan fingerprint density at radius 1 is 0.635 bits per heavy atom. The lowest BCUT2D eigenvalue weighted by molar-refractivity contribution is -0.124. The van der Waals surface area contributed by atoms with Crippen LogP contribution in [0.2, 0.25) is 0 Å². The molecule has 288 valence electrons. The van der Waals surface area contributed by atoms with Crippen molar-refractivity contribution in [2.24, 2.45) is 11.8 Å². The average Bonchev–Trinajstić information content (AvgIpc) is 3.31. The van der Waals surface area contributed by atoms with Gasteiger partial charge in [0.1, 0.15) is 23.1 Å². The highest BCUT2D eigenvalue weighted by Gasteiger charge is 2.51. The lowest BCUT2D eigenvalue weighted by Crippen LogP contribution is -2.40. The first kappa shape index (κ1) is 40.1. The molecule has 8 nitrogen and oxygen atoms in total. The number of alkyl halides is 6. The lowest BCUT2D eigenvalue weighted by atomic mass is 9.60. The summed E-state index contributed by atoms with van der Waals surface area (Å²) in [5.74, 6) is 0.328. The second kappa shape index (κ2) is 14.6. The molecule has 2 saturated carbocycles.